The number of hydrogen-bond donors (Lipinski definition) is 2. The van der Waals surface area contributed by atoms with E-state index in [1.54, 1.807) is 33.1 Å². The van der Waals surface area contributed by atoms with Gasteiger partial charge in [0, 0.05) is 20.3 Å². The van der Waals surface area contributed by atoms with Gasteiger partial charge in [-0.2, -0.15) is 0 Å². The topological polar surface area (TPSA) is 80.3 Å². The van der Waals surface area contributed by atoms with Crippen LogP contribution in [0.15, 0.2) is 35.4 Å². The molecule has 0 aliphatic rings. The van der Waals surface area contributed by atoms with Crippen molar-refractivity contribution in [3.63, 3.8) is 0 Å². The fourth-order valence-corrected chi connectivity index (χ4v) is 4.29. The Kier molecular flexibility index (Phi) is 6.39. The maximum Gasteiger partial charge on any atom is 0.262 e. The quantitative estimate of drug-likeness (QED) is 0.704. The number of hydrogen-bond acceptors (Lipinski definition) is 5. The number of aryl methyl sites for hydroxylation is 3. The molecule has 0 unspecified atom stereocenters. The zero-order chi connectivity index (χ0) is 18.4. The maximum atomic E-state index is 12.7. The van der Waals surface area contributed by atoms with Crippen LogP contribution in [0.4, 0.5) is 11.5 Å². The van der Waals surface area contributed by atoms with E-state index in [0.717, 1.165) is 29.7 Å². The van der Waals surface area contributed by atoms with Crippen molar-refractivity contribution in [2.75, 3.05) is 30.3 Å². The third kappa shape index (κ3) is 5.17. The van der Waals surface area contributed by atoms with Gasteiger partial charge in [-0.05, 0) is 50.5 Å². The minimum absolute atomic E-state index is 0.319. The summed E-state index contributed by atoms with van der Waals surface area (Å²) < 4.78 is 33.0. The lowest BCUT2D eigenvalue weighted by molar-refractivity contribution is 0.198. The van der Waals surface area contributed by atoms with E-state index in [9.17, 15) is 8.42 Å². The number of rotatable bonds is 8. The van der Waals surface area contributed by atoms with Crippen LogP contribution >= 0.6 is 0 Å². The van der Waals surface area contributed by atoms with Gasteiger partial charge >= 0.3 is 0 Å². The van der Waals surface area contributed by atoms with Crippen LogP contribution in [0.25, 0.3) is 0 Å². The Bertz CT molecular complexity index is 795. The first-order chi connectivity index (χ1) is 11.8. The van der Waals surface area contributed by atoms with Gasteiger partial charge in [0.25, 0.3) is 10.0 Å². The summed E-state index contributed by atoms with van der Waals surface area (Å²) in [6.07, 6.45) is 2.38. The Morgan fingerprint density at radius 3 is 2.36 bits per heavy atom. The van der Waals surface area contributed by atoms with E-state index in [2.05, 4.69) is 15.0 Å². The lowest BCUT2D eigenvalue weighted by Gasteiger charge is -2.14. The van der Waals surface area contributed by atoms with Crippen molar-refractivity contribution in [2.24, 2.45) is 0 Å². The van der Waals surface area contributed by atoms with Crippen molar-refractivity contribution in [3.05, 3.63) is 47.2 Å². The lowest BCUT2D eigenvalue weighted by Crippen LogP contribution is -2.16. The summed E-state index contributed by atoms with van der Waals surface area (Å²) in [6.45, 7) is 6.99. The second-order valence-corrected chi connectivity index (χ2v) is 7.66. The Hall–Kier alpha value is -2.12. The molecule has 0 bridgehead atoms. The summed E-state index contributed by atoms with van der Waals surface area (Å²) in [5.41, 5.74) is 2.94. The van der Waals surface area contributed by atoms with Crippen LogP contribution in [0, 0.1) is 20.8 Å². The molecule has 1 aromatic carbocycles. The van der Waals surface area contributed by atoms with E-state index in [-0.39, 0.29) is 0 Å². The van der Waals surface area contributed by atoms with Crippen LogP contribution in [-0.4, -0.2) is 33.7 Å². The number of methoxy groups -OCH3 is 1. The summed E-state index contributed by atoms with van der Waals surface area (Å²) in [7, 11) is -1.99. The number of nitrogens with zero attached hydrogens (tertiary/aromatic N) is 1. The molecule has 0 aliphatic heterocycles. The van der Waals surface area contributed by atoms with Crippen LogP contribution in [0.3, 0.4) is 0 Å². The van der Waals surface area contributed by atoms with Crippen LogP contribution in [-0.2, 0) is 14.8 Å². The highest BCUT2D eigenvalue weighted by molar-refractivity contribution is 7.92. The summed E-state index contributed by atoms with van der Waals surface area (Å²) in [4.78, 5) is 4.55. The molecule has 136 valence electrons. The predicted octanol–water partition coefficient (Wildman–Crippen LogP) is 3.26. The minimum atomic E-state index is -3.66. The first-order valence-electron chi connectivity index (χ1n) is 8.13. The van der Waals surface area contributed by atoms with Crippen LogP contribution in [0.2, 0.25) is 0 Å². The Labute approximate surface area is 149 Å². The summed E-state index contributed by atoms with van der Waals surface area (Å²) >= 11 is 0. The summed E-state index contributed by atoms with van der Waals surface area (Å²) in [5.74, 6) is 0.696. The summed E-state index contributed by atoms with van der Waals surface area (Å²) in [6, 6.07) is 7.18. The summed E-state index contributed by atoms with van der Waals surface area (Å²) in [5, 5.41) is 3.16. The SMILES string of the molecule is COCCCNc1ccc(NS(=O)(=O)c2c(C)cc(C)cc2C)cn1. The van der Waals surface area contributed by atoms with Crippen molar-refractivity contribution < 1.29 is 13.2 Å². The van der Waals surface area contributed by atoms with Crippen LogP contribution in [0.1, 0.15) is 23.1 Å². The second-order valence-electron chi connectivity index (χ2n) is 6.04. The van der Waals surface area contributed by atoms with Crippen molar-refractivity contribution in [1.82, 2.24) is 4.98 Å². The molecule has 25 heavy (non-hydrogen) atoms. The predicted molar refractivity (Wildman–Crippen MR) is 101 cm³/mol. The molecule has 0 aliphatic carbocycles. The number of anilines is 2. The number of pyridine rings is 1. The molecule has 0 amide bonds. The zero-order valence-electron chi connectivity index (χ0n) is 15.1. The molecular formula is C18H25N3O3S. The van der Waals surface area contributed by atoms with Gasteiger partial charge in [-0.3, -0.25) is 4.72 Å². The molecule has 7 heteroatoms. The second kappa shape index (κ2) is 8.31. The molecule has 2 rings (SSSR count). The molecular weight excluding hydrogens is 338 g/mol. The standard InChI is InChI=1S/C18H25N3O3S/c1-13-10-14(2)18(15(3)11-13)25(22,23)21-16-6-7-17(20-12-16)19-8-5-9-24-4/h6-7,10-12,21H,5,8-9H2,1-4H3,(H,19,20). The lowest BCUT2D eigenvalue weighted by atomic mass is 10.1. The Balaban J connectivity index is 2.11. The zero-order valence-corrected chi connectivity index (χ0v) is 15.9. The van der Waals surface area contributed by atoms with Gasteiger partial charge in [-0.25, -0.2) is 13.4 Å². The first kappa shape index (κ1) is 19.2. The average Bonchev–Trinajstić information content (AvgIpc) is 2.51. The Morgan fingerprint density at radius 1 is 1.12 bits per heavy atom. The maximum absolute atomic E-state index is 12.7. The van der Waals surface area contributed by atoms with Crippen LogP contribution in [0.5, 0.6) is 0 Å². The Morgan fingerprint density at radius 2 is 1.80 bits per heavy atom. The molecule has 1 aromatic heterocycles. The molecule has 0 fully saturated rings. The van der Waals surface area contributed by atoms with Gasteiger partial charge < -0.3 is 10.1 Å². The van der Waals surface area contributed by atoms with Gasteiger partial charge in [0.1, 0.15) is 5.82 Å². The molecule has 0 atom stereocenters. The highest BCUT2D eigenvalue weighted by atomic mass is 32.2. The number of sulfonamides is 1. The molecule has 2 aromatic rings. The third-order valence-electron chi connectivity index (χ3n) is 3.72. The molecule has 6 nitrogen and oxygen atoms in total. The number of aromatic nitrogens is 1. The van der Waals surface area contributed by atoms with Crippen LogP contribution < -0.4 is 10.0 Å². The van der Waals surface area contributed by atoms with E-state index in [0.29, 0.717) is 23.0 Å². The van der Waals surface area contributed by atoms with E-state index >= 15 is 0 Å². The van der Waals surface area contributed by atoms with Gasteiger partial charge in [0.2, 0.25) is 0 Å². The molecule has 2 N–H and O–H groups in total. The van der Waals surface area contributed by atoms with Crippen molar-refractivity contribution in [2.45, 2.75) is 32.1 Å². The largest absolute Gasteiger partial charge is 0.385 e. The number of ether oxygens (including phenoxy) is 1. The van der Waals surface area contributed by atoms with Gasteiger partial charge in [-0.1, -0.05) is 17.7 Å². The highest BCUT2D eigenvalue weighted by Crippen LogP contribution is 2.24. The third-order valence-corrected chi connectivity index (χ3v) is 5.41. The molecule has 0 radical (unpaired) electrons. The smallest absolute Gasteiger partial charge is 0.262 e. The molecule has 1 heterocycles. The number of nitrogens with one attached hydrogen (secondary N) is 2. The van der Waals surface area contributed by atoms with Gasteiger partial charge in [0.05, 0.1) is 16.8 Å². The van der Waals surface area contributed by atoms with Gasteiger partial charge in [-0.15, -0.1) is 0 Å². The van der Waals surface area contributed by atoms with E-state index < -0.39 is 10.0 Å². The van der Waals surface area contributed by atoms with Crippen molar-refractivity contribution >= 4 is 21.5 Å². The monoisotopic (exact) mass is 363 g/mol. The van der Waals surface area contributed by atoms with E-state index in [4.69, 9.17) is 4.74 Å². The fourth-order valence-electron chi connectivity index (χ4n) is 2.79. The van der Waals surface area contributed by atoms with Crippen molar-refractivity contribution in [3.8, 4) is 0 Å². The van der Waals surface area contributed by atoms with E-state index in [1.807, 2.05) is 19.1 Å². The van der Waals surface area contributed by atoms with E-state index in [1.165, 1.54) is 6.20 Å². The highest BCUT2D eigenvalue weighted by Gasteiger charge is 2.20. The molecule has 0 saturated heterocycles. The fraction of sp³-hybridized carbons (Fsp3) is 0.389. The minimum Gasteiger partial charge on any atom is -0.385 e. The normalized spacial score (nSPS) is 11.4. The molecule has 0 saturated carbocycles. The van der Waals surface area contributed by atoms with Crippen molar-refractivity contribution in [1.29, 1.82) is 0 Å². The average molecular weight is 363 g/mol. The number of benzene rings is 1. The van der Waals surface area contributed by atoms with Gasteiger partial charge in [0.15, 0.2) is 0 Å². The molecule has 0 spiro atoms. The first-order valence-corrected chi connectivity index (χ1v) is 9.61.